The summed E-state index contributed by atoms with van der Waals surface area (Å²) in [6.07, 6.45) is 6.21. The fourth-order valence-electron chi connectivity index (χ4n) is 6.40. The summed E-state index contributed by atoms with van der Waals surface area (Å²) in [5.74, 6) is 0.980. The van der Waals surface area contributed by atoms with Crippen molar-refractivity contribution in [2.75, 3.05) is 50.0 Å². The Morgan fingerprint density at radius 2 is 1.97 bits per heavy atom. The van der Waals surface area contributed by atoms with Gasteiger partial charge in [0.2, 0.25) is 5.95 Å². The molecule has 2 bridgehead atoms. The number of carbonyl (C=O) groups excluding carboxylic acids is 1. The first-order valence-corrected chi connectivity index (χ1v) is 13.4. The van der Waals surface area contributed by atoms with Crippen LogP contribution in [0.3, 0.4) is 0 Å². The molecule has 1 amide bonds. The Bertz CT molecular complexity index is 1070. The number of amides is 1. The Morgan fingerprint density at radius 1 is 1.17 bits per heavy atom. The monoisotopic (exact) mass is 492 g/mol. The van der Waals surface area contributed by atoms with E-state index >= 15 is 0 Å². The fraction of sp³-hybridized carbons (Fsp3) is 0.607. The lowest BCUT2D eigenvalue weighted by atomic mass is 9.69. The van der Waals surface area contributed by atoms with Crippen molar-refractivity contribution in [2.45, 2.75) is 52.5 Å². The minimum atomic E-state index is -0.120. The maximum Gasteiger partial charge on any atom is 0.270 e. The number of hydrogen-bond acceptors (Lipinski definition) is 7. The fourth-order valence-corrected chi connectivity index (χ4v) is 6.40. The number of anilines is 3. The molecule has 1 saturated heterocycles. The topological polar surface area (TPSA) is 91.4 Å². The Hall–Kier alpha value is -2.71. The number of benzene rings is 1. The van der Waals surface area contributed by atoms with Gasteiger partial charge in [-0.05, 0) is 73.2 Å². The highest BCUT2D eigenvalue weighted by Gasteiger charge is 2.61. The van der Waals surface area contributed by atoms with Gasteiger partial charge in [-0.2, -0.15) is 0 Å². The standard InChI is InChI=1S/C28H40N6O2/c1-27(2)20-8-10-28(27,3)24(18-20)33-25(35)23-9-12-30-26(32-23)31-22-7-4-6-21(19-22)29-11-5-13-34-14-16-36-17-15-34/h4,6-7,9,12,19-20,24,29H,5,8,10-11,13-18H2,1-3H3,(H,33,35)(H,30,31,32). The first-order valence-electron chi connectivity index (χ1n) is 13.4. The molecule has 3 aliphatic rings. The molecular formula is C28H40N6O2. The molecule has 5 rings (SSSR count). The first kappa shape index (κ1) is 25.0. The van der Waals surface area contributed by atoms with Crippen LogP contribution >= 0.6 is 0 Å². The third kappa shape index (κ3) is 5.06. The second-order valence-corrected chi connectivity index (χ2v) is 11.3. The molecule has 3 fully saturated rings. The summed E-state index contributed by atoms with van der Waals surface area (Å²) in [6, 6.07) is 9.96. The molecule has 0 radical (unpaired) electrons. The molecule has 8 nitrogen and oxygen atoms in total. The number of morpholine rings is 1. The second kappa shape index (κ2) is 10.3. The quantitative estimate of drug-likeness (QED) is 0.450. The van der Waals surface area contributed by atoms with Gasteiger partial charge < -0.3 is 20.7 Å². The second-order valence-electron chi connectivity index (χ2n) is 11.3. The summed E-state index contributed by atoms with van der Waals surface area (Å²) in [5, 5.41) is 10.1. The van der Waals surface area contributed by atoms with Gasteiger partial charge >= 0.3 is 0 Å². The number of nitrogens with zero attached hydrogens (tertiary/aromatic N) is 3. The molecule has 2 aliphatic carbocycles. The number of hydrogen-bond donors (Lipinski definition) is 3. The van der Waals surface area contributed by atoms with Gasteiger partial charge in [0.05, 0.1) is 13.2 Å². The summed E-state index contributed by atoms with van der Waals surface area (Å²) in [4.78, 5) is 24.4. The van der Waals surface area contributed by atoms with Gasteiger partial charge in [-0.1, -0.05) is 26.8 Å². The molecule has 2 saturated carbocycles. The van der Waals surface area contributed by atoms with Crippen LogP contribution in [0, 0.1) is 16.7 Å². The van der Waals surface area contributed by atoms with Gasteiger partial charge in [0.15, 0.2) is 0 Å². The van der Waals surface area contributed by atoms with E-state index < -0.39 is 0 Å². The van der Waals surface area contributed by atoms with E-state index in [1.807, 2.05) is 18.2 Å². The van der Waals surface area contributed by atoms with Gasteiger partial charge in [0.25, 0.3) is 5.91 Å². The molecule has 36 heavy (non-hydrogen) atoms. The molecule has 1 aliphatic heterocycles. The predicted octanol–water partition coefficient (Wildman–Crippen LogP) is 4.30. The summed E-state index contributed by atoms with van der Waals surface area (Å²) in [5.41, 5.74) is 2.72. The zero-order chi connectivity index (χ0) is 25.2. The number of aromatic nitrogens is 2. The SMILES string of the molecule is CC1(C)C2CCC1(C)C(NC(=O)c1ccnc(Nc3cccc(NCCCN4CCOCC4)c3)n1)C2. The number of carbonyl (C=O) groups is 1. The van der Waals surface area contributed by atoms with Crippen LogP contribution in [0.25, 0.3) is 0 Å². The normalized spacial score (nSPS) is 27.1. The lowest BCUT2D eigenvalue weighted by Gasteiger charge is -2.39. The molecule has 3 unspecified atom stereocenters. The minimum absolute atomic E-state index is 0.120. The first-order chi connectivity index (χ1) is 17.3. The van der Waals surface area contributed by atoms with Crippen LogP contribution in [0.1, 0.15) is 56.9 Å². The number of ether oxygens (including phenoxy) is 1. The van der Waals surface area contributed by atoms with Crippen molar-refractivity contribution in [3.05, 3.63) is 42.2 Å². The Morgan fingerprint density at radius 3 is 2.72 bits per heavy atom. The zero-order valence-corrected chi connectivity index (χ0v) is 21.8. The summed E-state index contributed by atoms with van der Waals surface area (Å²) in [7, 11) is 0. The van der Waals surface area contributed by atoms with Crippen LogP contribution in [0.15, 0.2) is 36.5 Å². The van der Waals surface area contributed by atoms with Gasteiger partial charge in [-0.25, -0.2) is 9.97 Å². The van der Waals surface area contributed by atoms with E-state index in [4.69, 9.17) is 4.74 Å². The van der Waals surface area contributed by atoms with Crippen LogP contribution in [-0.2, 0) is 4.74 Å². The molecular weight excluding hydrogens is 452 g/mol. The third-order valence-corrected chi connectivity index (χ3v) is 9.19. The molecule has 2 heterocycles. The highest BCUT2D eigenvalue weighted by Crippen LogP contribution is 2.65. The molecule has 1 aromatic carbocycles. The van der Waals surface area contributed by atoms with E-state index in [1.54, 1.807) is 12.3 Å². The van der Waals surface area contributed by atoms with Crippen molar-refractivity contribution in [2.24, 2.45) is 16.7 Å². The Labute approximate surface area is 214 Å². The number of fused-ring (bicyclic) bond motifs is 2. The lowest BCUT2D eigenvalue weighted by Crippen LogP contribution is -2.47. The van der Waals surface area contributed by atoms with E-state index in [9.17, 15) is 4.79 Å². The Balaban J connectivity index is 1.15. The molecule has 1 aromatic heterocycles. The highest BCUT2D eigenvalue weighted by atomic mass is 16.5. The average Bonchev–Trinajstić information content (AvgIpc) is 3.21. The maximum absolute atomic E-state index is 13.1. The van der Waals surface area contributed by atoms with Gasteiger partial charge in [0, 0.05) is 43.2 Å². The van der Waals surface area contributed by atoms with E-state index in [0.717, 1.165) is 63.6 Å². The molecule has 8 heteroatoms. The van der Waals surface area contributed by atoms with Crippen molar-refractivity contribution in [1.29, 1.82) is 0 Å². The third-order valence-electron chi connectivity index (χ3n) is 9.19. The largest absolute Gasteiger partial charge is 0.385 e. The number of rotatable bonds is 9. The van der Waals surface area contributed by atoms with Crippen molar-refractivity contribution < 1.29 is 9.53 Å². The van der Waals surface area contributed by atoms with E-state index in [2.05, 4.69) is 57.7 Å². The van der Waals surface area contributed by atoms with Crippen LogP contribution in [-0.4, -0.2) is 66.2 Å². The molecule has 2 aromatic rings. The van der Waals surface area contributed by atoms with Crippen molar-refractivity contribution >= 4 is 23.2 Å². The molecule has 3 N–H and O–H groups in total. The molecule has 0 spiro atoms. The summed E-state index contributed by atoms with van der Waals surface area (Å²) in [6.45, 7) is 12.8. The molecule has 3 atom stereocenters. The van der Waals surface area contributed by atoms with Crippen molar-refractivity contribution in [1.82, 2.24) is 20.2 Å². The van der Waals surface area contributed by atoms with E-state index in [1.165, 1.54) is 12.8 Å². The molecule has 194 valence electrons. The van der Waals surface area contributed by atoms with Gasteiger partial charge in [-0.15, -0.1) is 0 Å². The smallest absolute Gasteiger partial charge is 0.270 e. The van der Waals surface area contributed by atoms with Crippen LogP contribution < -0.4 is 16.0 Å². The van der Waals surface area contributed by atoms with E-state index in [-0.39, 0.29) is 22.8 Å². The van der Waals surface area contributed by atoms with E-state index in [0.29, 0.717) is 17.6 Å². The van der Waals surface area contributed by atoms with Gasteiger partial charge in [-0.3, -0.25) is 9.69 Å². The van der Waals surface area contributed by atoms with Gasteiger partial charge in [0.1, 0.15) is 5.69 Å². The summed E-state index contributed by atoms with van der Waals surface area (Å²) >= 11 is 0. The highest BCUT2D eigenvalue weighted by molar-refractivity contribution is 5.92. The summed E-state index contributed by atoms with van der Waals surface area (Å²) < 4.78 is 5.41. The maximum atomic E-state index is 13.1. The zero-order valence-electron chi connectivity index (χ0n) is 21.8. The average molecular weight is 493 g/mol. The minimum Gasteiger partial charge on any atom is -0.385 e. The van der Waals surface area contributed by atoms with Crippen LogP contribution in [0.5, 0.6) is 0 Å². The lowest BCUT2D eigenvalue weighted by molar-refractivity contribution is 0.0378. The number of nitrogens with one attached hydrogen (secondary N) is 3. The Kier molecular flexibility index (Phi) is 7.17. The predicted molar refractivity (Wildman–Crippen MR) is 143 cm³/mol. The van der Waals surface area contributed by atoms with Crippen LogP contribution in [0.2, 0.25) is 0 Å². The van der Waals surface area contributed by atoms with Crippen LogP contribution in [0.4, 0.5) is 17.3 Å². The van der Waals surface area contributed by atoms with Crippen molar-refractivity contribution in [3.63, 3.8) is 0 Å². The van der Waals surface area contributed by atoms with Crippen molar-refractivity contribution in [3.8, 4) is 0 Å².